The molecule has 1 fully saturated rings. The Morgan fingerprint density at radius 2 is 1.70 bits per heavy atom. The molecule has 1 aromatic carbocycles. The molecule has 0 heterocycles. The summed E-state index contributed by atoms with van der Waals surface area (Å²) in [6.45, 7) is 9.14. The van der Waals surface area contributed by atoms with Gasteiger partial charge in [-0.05, 0) is 41.4 Å². The molecule has 0 saturated heterocycles. The second kappa shape index (κ2) is 7.04. The molecule has 0 aromatic heterocycles. The van der Waals surface area contributed by atoms with E-state index in [1.165, 1.54) is 5.56 Å². The molecule has 2 rings (SSSR count). The van der Waals surface area contributed by atoms with Crippen LogP contribution in [0.2, 0.25) is 5.02 Å². The molecule has 5 unspecified atom stereocenters. The molecule has 0 bridgehead atoms. The van der Waals surface area contributed by atoms with Gasteiger partial charge in [0.05, 0.1) is 0 Å². The fourth-order valence-corrected chi connectivity index (χ4v) is 5.97. The van der Waals surface area contributed by atoms with Crippen molar-refractivity contribution in [2.75, 3.05) is 5.75 Å². The van der Waals surface area contributed by atoms with Crippen molar-refractivity contribution < 1.29 is 9.90 Å². The Bertz CT molecular complexity index is 549. The summed E-state index contributed by atoms with van der Waals surface area (Å²) < 4.78 is -0.128. The van der Waals surface area contributed by atoms with E-state index in [9.17, 15) is 4.79 Å². The fraction of sp³-hybridized carbons (Fsp3) is 0.611. The van der Waals surface area contributed by atoms with E-state index >= 15 is 0 Å². The van der Waals surface area contributed by atoms with Gasteiger partial charge in [0.15, 0.2) is 0 Å². The van der Waals surface area contributed by atoms with Crippen LogP contribution in [-0.2, 0) is 9.54 Å². The van der Waals surface area contributed by atoms with Gasteiger partial charge in [-0.15, -0.1) is 11.8 Å². The maximum atomic E-state index is 11.1. The van der Waals surface area contributed by atoms with Crippen LogP contribution in [0.4, 0.5) is 0 Å². The van der Waals surface area contributed by atoms with E-state index in [-0.39, 0.29) is 4.75 Å². The third kappa shape index (κ3) is 3.26. The second-order valence-corrected chi connectivity index (χ2v) is 8.59. The molecule has 0 amide bonds. The van der Waals surface area contributed by atoms with E-state index in [1.807, 2.05) is 12.1 Å². The van der Waals surface area contributed by atoms with Gasteiger partial charge in [0.2, 0.25) is 0 Å². The van der Waals surface area contributed by atoms with E-state index in [4.69, 9.17) is 22.4 Å². The molecule has 5 heteroatoms. The predicted octanol–water partition coefficient (Wildman–Crippen LogP) is 4.24. The SMILES string of the molecule is CC1C(C)C(C)C(SCC(N)C(=O)O)(c2ccc(Cl)cc2)C1C. The number of rotatable bonds is 5. The number of aliphatic carboxylic acids is 1. The van der Waals surface area contributed by atoms with Crippen molar-refractivity contribution in [2.24, 2.45) is 29.4 Å². The lowest BCUT2D eigenvalue weighted by Crippen LogP contribution is -2.38. The van der Waals surface area contributed by atoms with Crippen LogP contribution in [0.25, 0.3) is 0 Å². The Balaban J connectivity index is 2.42. The van der Waals surface area contributed by atoms with Gasteiger partial charge < -0.3 is 10.8 Å². The standard InChI is InChI=1S/C18H26ClNO2S/c1-10-11(2)13(4)18(12(10)3,23-9-16(20)17(21)22)14-5-7-15(19)8-6-14/h5-8,10-13,16H,9,20H2,1-4H3,(H,21,22). The van der Waals surface area contributed by atoms with E-state index in [0.29, 0.717) is 29.4 Å². The van der Waals surface area contributed by atoms with Crippen molar-refractivity contribution in [1.29, 1.82) is 0 Å². The molecule has 0 spiro atoms. The van der Waals surface area contributed by atoms with Crippen LogP contribution >= 0.6 is 23.4 Å². The largest absolute Gasteiger partial charge is 0.480 e. The maximum absolute atomic E-state index is 11.1. The summed E-state index contributed by atoms with van der Waals surface area (Å²) in [6.07, 6.45) is 0. The minimum absolute atomic E-state index is 0.128. The van der Waals surface area contributed by atoms with Gasteiger partial charge >= 0.3 is 5.97 Å². The second-order valence-electron chi connectivity index (χ2n) is 6.85. The van der Waals surface area contributed by atoms with Gasteiger partial charge in [0.25, 0.3) is 0 Å². The van der Waals surface area contributed by atoms with Crippen molar-refractivity contribution in [3.8, 4) is 0 Å². The molecular weight excluding hydrogens is 330 g/mol. The minimum Gasteiger partial charge on any atom is -0.480 e. The summed E-state index contributed by atoms with van der Waals surface area (Å²) >= 11 is 7.76. The molecule has 3 N–H and O–H groups in total. The van der Waals surface area contributed by atoms with Crippen LogP contribution in [-0.4, -0.2) is 22.9 Å². The molecule has 23 heavy (non-hydrogen) atoms. The topological polar surface area (TPSA) is 63.3 Å². The summed E-state index contributed by atoms with van der Waals surface area (Å²) in [5.74, 6) is 1.46. The van der Waals surface area contributed by atoms with Crippen LogP contribution < -0.4 is 5.73 Å². The number of carbonyl (C=O) groups is 1. The van der Waals surface area contributed by atoms with Crippen molar-refractivity contribution in [3.05, 3.63) is 34.9 Å². The first-order chi connectivity index (χ1) is 10.7. The Morgan fingerprint density at radius 3 is 2.13 bits per heavy atom. The number of nitrogens with two attached hydrogens (primary N) is 1. The highest BCUT2D eigenvalue weighted by Gasteiger charge is 2.54. The summed E-state index contributed by atoms with van der Waals surface area (Å²) in [4.78, 5) is 11.1. The molecule has 5 atom stereocenters. The van der Waals surface area contributed by atoms with Crippen LogP contribution in [0.3, 0.4) is 0 Å². The Morgan fingerprint density at radius 1 is 1.22 bits per heavy atom. The van der Waals surface area contributed by atoms with Crippen molar-refractivity contribution >= 4 is 29.3 Å². The van der Waals surface area contributed by atoms with Gasteiger partial charge in [-0.2, -0.15) is 0 Å². The number of thioether (sulfide) groups is 1. The zero-order valence-corrected chi connectivity index (χ0v) is 15.7. The number of benzene rings is 1. The summed E-state index contributed by atoms with van der Waals surface area (Å²) in [5, 5.41) is 9.84. The average Bonchev–Trinajstić information content (AvgIpc) is 2.68. The number of hydrogen-bond donors (Lipinski definition) is 2. The Kier molecular flexibility index (Phi) is 5.70. The van der Waals surface area contributed by atoms with Crippen LogP contribution in [0.5, 0.6) is 0 Å². The Hall–Kier alpha value is -0.710. The first kappa shape index (κ1) is 18.6. The quantitative estimate of drug-likeness (QED) is 0.829. The van der Waals surface area contributed by atoms with Crippen molar-refractivity contribution in [1.82, 2.24) is 0 Å². The number of hydrogen-bond acceptors (Lipinski definition) is 3. The third-order valence-corrected chi connectivity index (χ3v) is 8.11. The molecule has 1 aliphatic rings. The number of carboxylic acid groups (broad SMARTS) is 1. The number of halogens is 1. The summed E-state index contributed by atoms with van der Waals surface area (Å²) in [5.41, 5.74) is 7.00. The molecule has 3 nitrogen and oxygen atoms in total. The smallest absolute Gasteiger partial charge is 0.321 e. The zero-order chi connectivity index (χ0) is 17.4. The first-order valence-electron chi connectivity index (χ1n) is 8.10. The molecule has 1 aliphatic carbocycles. The van der Waals surface area contributed by atoms with Crippen molar-refractivity contribution in [2.45, 2.75) is 38.5 Å². The monoisotopic (exact) mass is 355 g/mol. The lowest BCUT2D eigenvalue weighted by Gasteiger charge is -2.39. The lowest BCUT2D eigenvalue weighted by molar-refractivity contribution is -0.137. The predicted molar refractivity (Wildman–Crippen MR) is 97.9 cm³/mol. The third-order valence-electron chi connectivity index (χ3n) is 5.87. The minimum atomic E-state index is -0.942. The highest BCUT2D eigenvalue weighted by Crippen LogP contribution is 2.61. The zero-order valence-electron chi connectivity index (χ0n) is 14.1. The van der Waals surface area contributed by atoms with Gasteiger partial charge in [0, 0.05) is 15.5 Å². The van der Waals surface area contributed by atoms with Gasteiger partial charge in [0.1, 0.15) is 6.04 Å². The van der Waals surface area contributed by atoms with E-state index in [1.54, 1.807) is 11.8 Å². The maximum Gasteiger partial charge on any atom is 0.321 e. The highest BCUT2D eigenvalue weighted by molar-refractivity contribution is 8.00. The summed E-state index contributed by atoms with van der Waals surface area (Å²) in [6, 6.07) is 7.17. The molecule has 0 aliphatic heterocycles. The molecule has 1 aromatic rings. The van der Waals surface area contributed by atoms with Crippen LogP contribution in [0, 0.1) is 23.7 Å². The molecule has 0 radical (unpaired) electrons. The number of carboxylic acids is 1. The van der Waals surface area contributed by atoms with Gasteiger partial charge in [-0.1, -0.05) is 51.4 Å². The first-order valence-corrected chi connectivity index (χ1v) is 9.46. The van der Waals surface area contributed by atoms with E-state index in [2.05, 4.69) is 39.8 Å². The molecule has 1 saturated carbocycles. The fourth-order valence-electron chi connectivity index (χ4n) is 3.99. The summed E-state index contributed by atoms with van der Waals surface area (Å²) in [7, 11) is 0. The lowest BCUT2D eigenvalue weighted by atomic mass is 9.82. The van der Waals surface area contributed by atoms with Gasteiger partial charge in [-0.3, -0.25) is 4.79 Å². The normalized spacial score (nSPS) is 35.2. The van der Waals surface area contributed by atoms with E-state index in [0.717, 1.165) is 5.02 Å². The van der Waals surface area contributed by atoms with Gasteiger partial charge in [-0.25, -0.2) is 0 Å². The van der Waals surface area contributed by atoms with Crippen LogP contribution in [0.15, 0.2) is 24.3 Å². The van der Waals surface area contributed by atoms with Crippen molar-refractivity contribution in [3.63, 3.8) is 0 Å². The van der Waals surface area contributed by atoms with E-state index < -0.39 is 12.0 Å². The Labute approximate surface area is 148 Å². The van der Waals surface area contributed by atoms with Crippen LogP contribution in [0.1, 0.15) is 33.3 Å². The molecule has 128 valence electrons. The average molecular weight is 356 g/mol. The highest BCUT2D eigenvalue weighted by atomic mass is 35.5. The molecular formula is C18H26ClNO2S.